The lowest BCUT2D eigenvalue weighted by Crippen LogP contribution is -2.46. The summed E-state index contributed by atoms with van der Waals surface area (Å²) in [6.07, 6.45) is 1.64. The summed E-state index contributed by atoms with van der Waals surface area (Å²) in [4.78, 5) is 16.5. The third-order valence-electron chi connectivity index (χ3n) is 5.79. The van der Waals surface area contributed by atoms with Crippen LogP contribution < -0.4 is 10.5 Å². The van der Waals surface area contributed by atoms with Gasteiger partial charge in [-0.1, -0.05) is 23.4 Å². The third-order valence-corrected chi connectivity index (χ3v) is 7.70. The van der Waals surface area contributed by atoms with Crippen LogP contribution in [0.2, 0.25) is 0 Å². The van der Waals surface area contributed by atoms with Gasteiger partial charge < -0.3 is 20.4 Å². The van der Waals surface area contributed by atoms with E-state index in [2.05, 4.69) is 5.16 Å². The van der Waals surface area contributed by atoms with Gasteiger partial charge in [0.25, 0.3) is 0 Å². The summed E-state index contributed by atoms with van der Waals surface area (Å²) >= 11 is 0. The zero-order valence-corrected chi connectivity index (χ0v) is 19.6. The van der Waals surface area contributed by atoms with E-state index in [-0.39, 0.29) is 35.9 Å². The molecular formula is C23H28FN3O6S. The molecule has 0 amide bonds. The number of oxime groups is 1. The molecule has 2 aromatic rings. The monoisotopic (exact) mass is 493 g/mol. The van der Waals surface area contributed by atoms with Crippen molar-refractivity contribution < 1.29 is 32.3 Å². The van der Waals surface area contributed by atoms with Crippen LogP contribution in [-0.4, -0.2) is 61.9 Å². The van der Waals surface area contributed by atoms with E-state index in [0.717, 1.165) is 0 Å². The molecule has 11 heteroatoms. The number of carboxylic acid groups (broad SMARTS) is 1. The smallest absolute Gasteiger partial charge is 0.353 e. The van der Waals surface area contributed by atoms with Gasteiger partial charge in [0.05, 0.1) is 12.0 Å². The predicted molar refractivity (Wildman–Crippen MR) is 124 cm³/mol. The number of carboxylic acids is 1. The van der Waals surface area contributed by atoms with E-state index in [1.165, 1.54) is 29.6 Å². The number of hydrogen-bond donors (Lipinski definition) is 2. The molecule has 0 bridgehead atoms. The van der Waals surface area contributed by atoms with Crippen molar-refractivity contribution in [2.24, 2.45) is 10.9 Å². The first kappa shape index (κ1) is 25.6. The number of nitrogens with two attached hydrogens (primary N) is 1. The quantitative estimate of drug-likeness (QED) is 0.632. The number of benzene rings is 2. The van der Waals surface area contributed by atoms with E-state index in [4.69, 9.17) is 20.4 Å². The van der Waals surface area contributed by atoms with E-state index in [0.29, 0.717) is 37.1 Å². The Morgan fingerprint density at radius 1 is 1.21 bits per heavy atom. The molecule has 0 atom stereocenters. The van der Waals surface area contributed by atoms with Crippen LogP contribution in [0.15, 0.2) is 58.6 Å². The van der Waals surface area contributed by atoms with Gasteiger partial charge in [-0.05, 0) is 48.9 Å². The maximum atomic E-state index is 12.7. The van der Waals surface area contributed by atoms with Gasteiger partial charge in [0.2, 0.25) is 10.0 Å². The highest BCUT2D eigenvalue weighted by molar-refractivity contribution is 7.89. The second kappa shape index (κ2) is 10.9. The van der Waals surface area contributed by atoms with Crippen molar-refractivity contribution in [2.75, 3.05) is 26.7 Å². The Morgan fingerprint density at radius 3 is 2.38 bits per heavy atom. The molecule has 2 heterocycles. The normalized spacial score (nSPS) is 17.3. The van der Waals surface area contributed by atoms with Crippen molar-refractivity contribution in [3.05, 3.63) is 59.9 Å². The van der Waals surface area contributed by atoms with E-state index >= 15 is 0 Å². The topological polar surface area (TPSA) is 132 Å². The van der Waals surface area contributed by atoms with Crippen molar-refractivity contribution in [3.8, 4) is 5.75 Å². The van der Waals surface area contributed by atoms with Crippen LogP contribution in [-0.2, 0) is 26.1 Å². The van der Waals surface area contributed by atoms with Gasteiger partial charge >= 0.3 is 5.97 Å². The molecule has 1 fully saturated rings. The van der Waals surface area contributed by atoms with Crippen LogP contribution >= 0.6 is 0 Å². The first-order valence-electron chi connectivity index (χ1n) is 10.8. The van der Waals surface area contributed by atoms with Crippen molar-refractivity contribution in [1.82, 2.24) is 4.31 Å². The molecule has 0 unspecified atom stereocenters. The first-order valence-corrected chi connectivity index (χ1v) is 12.2. The number of methoxy groups -OCH3 is 1. The van der Waals surface area contributed by atoms with E-state index in [9.17, 15) is 17.6 Å². The molecule has 1 spiro atoms. The third kappa shape index (κ3) is 5.91. The van der Waals surface area contributed by atoms with E-state index < -0.39 is 21.6 Å². The molecule has 4 rings (SSSR count). The van der Waals surface area contributed by atoms with Crippen LogP contribution in [0.3, 0.4) is 0 Å². The largest absolute Gasteiger partial charge is 0.497 e. The summed E-state index contributed by atoms with van der Waals surface area (Å²) in [6, 6.07) is 12.9. The minimum Gasteiger partial charge on any atom is -0.497 e. The second-order valence-corrected chi connectivity index (χ2v) is 9.94. The van der Waals surface area contributed by atoms with Crippen molar-refractivity contribution in [3.63, 3.8) is 0 Å². The van der Waals surface area contributed by atoms with Crippen LogP contribution in [0.25, 0.3) is 0 Å². The maximum Gasteiger partial charge on any atom is 0.353 e. The molecule has 2 aromatic carbocycles. The van der Waals surface area contributed by atoms with Gasteiger partial charge in [0.1, 0.15) is 17.2 Å². The minimum atomic E-state index is -3.59. The first-order chi connectivity index (χ1) is 16.2. The predicted octanol–water partition coefficient (Wildman–Crippen LogP) is 2.41. The summed E-state index contributed by atoms with van der Waals surface area (Å²) in [5, 5.41) is 12.6. The highest BCUT2D eigenvalue weighted by Crippen LogP contribution is 2.36. The molecule has 3 N–H and O–H groups in total. The molecule has 1 saturated heterocycles. The molecule has 0 radical (unpaired) electrons. The Labute approximate surface area is 198 Å². The van der Waals surface area contributed by atoms with Gasteiger partial charge in [0, 0.05) is 32.4 Å². The van der Waals surface area contributed by atoms with Gasteiger partial charge in [-0.25, -0.2) is 17.6 Å². The number of ether oxygens (including phenoxy) is 1. The SMILES string of the molecule is COc1ccc(S(=O)(=O)N2CCC3(CC2)CC(C(=O)O)=NO3)cc1.NCCc1ccccc1F. The molecule has 34 heavy (non-hydrogen) atoms. The number of sulfonamides is 1. The number of rotatable bonds is 6. The highest BCUT2D eigenvalue weighted by Gasteiger charge is 2.45. The Balaban J connectivity index is 0.000000271. The number of halogens is 1. The Morgan fingerprint density at radius 2 is 1.85 bits per heavy atom. The molecule has 9 nitrogen and oxygen atoms in total. The van der Waals surface area contributed by atoms with Gasteiger partial charge in [0.15, 0.2) is 5.71 Å². The molecule has 0 aromatic heterocycles. The Bertz CT molecular complexity index is 1130. The fourth-order valence-electron chi connectivity index (χ4n) is 3.79. The number of piperidine rings is 1. The lowest BCUT2D eigenvalue weighted by atomic mass is 9.88. The second-order valence-electron chi connectivity index (χ2n) is 8.00. The van der Waals surface area contributed by atoms with E-state index in [1.54, 1.807) is 24.3 Å². The number of nitrogens with zero attached hydrogens (tertiary/aromatic N) is 2. The summed E-state index contributed by atoms with van der Waals surface area (Å²) in [5.74, 6) is -0.669. The zero-order valence-electron chi connectivity index (χ0n) is 18.8. The number of hydrogen-bond acceptors (Lipinski definition) is 7. The molecule has 2 aliphatic rings. The van der Waals surface area contributed by atoms with Crippen molar-refractivity contribution >= 4 is 21.7 Å². The molecule has 0 saturated carbocycles. The standard InChI is InChI=1S/C15H18N2O6S.C8H10FN/c1-22-11-2-4-12(5-3-11)24(20,21)17-8-6-15(7-9-17)10-13(14(18)19)16-23-15;9-8-4-2-1-3-7(8)5-6-10/h2-5H,6-10H2,1H3,(H,18,19);1-4H,5-6,10H2. The van der Waals surface area contributed by atoms with Gasteiger partial charge in [-0.2, -0.15) is 4.31 Å². The zero-order chi connectivity index (χ0) is 24.8. The summed E-state index contributed by atoms with van der Waals surface area (Å²) < 4.78 is 44.5. The van der Waals surface area contributed by atoms with Crippen molar-refractivity contribution in [2.45, 2.75) is 36.2 Å². The van der Waals surface area contributed by atoms with Crippen LogP contribution in [0, 0.1) is 5.82 Å². The van der Waals surface area contributed by atoms with Crippen molar-refractivity contribution in [1.29, 1.82) is 0 Å². The average Bonchev–Trinajstić information content (AvgIpc) is 3.25. The lowest BCUT2D eigenvalue weighted by Gasteiger charge is -2.36. The van der Waals surface area contributed by atoms with E-state index in [1.807, 2.05) is 6.07 Å². The number of aliphatic carboxylic acids is 1. The van der Waals surface area contributed by atoms with Gasteiger partial charge in [-0.15, -0.1) is 0 Å². The Kier molecular flexibility index (Phi) is 8.24. The molecule has 2 aliphatic heterocycles. The summed E-state index contributed by atoms with van der Waals surface area (Å²) in [6.45, 7) is 1.02. The highest BCUT2D eigenvalue weighted by atomic mass is 32.2. The molecular weight excluding hydrogens is 465 g/mol. The summed E-state index contributed by atoms with van der Waals surface area (Å²) in [5.41, 5.74) is 5.25. The van der Waals surface area contributed by atoms with Crippen LogP contribution in [0.1, 0.15) is 24.8 Å². The van der Waals surface area contributed by atoms with Crippen LogP contribution in [0.4, 0.5) is 4.39 Å². The maximum absolute atomic E-state index is 12.7. The fraction of sp³-hybridized carbons (Fsp3) is 0.391. The average molecular weight is 494 g/mol. The Hall–Kier alpha value is -3.02. The lowest BCUT2D eigenvalue weighted by molar-refractivity contribution is -0.129. The van der Waals surface area contributed by atoms with Crippen LogP contribution in [0.5, 0.6) is 5.75 Å². The molecule has 184 valence electrons. The number of carbonyl (C=O) groups is 1. The summed E-state index contributed by atoms with van der Waals surface area (Å²) in [7, 11) is -2.08. The van der Waals surface area contributed by atoms with Gasteiger partial charge in [-0.3, -0.25) is 0 Å². The molecule has 0 aliphatic carbocycles. The minimum absolute atomic E-state index is 0.0125. The fourth-order valence-corrected chi connectivity index (χ4v) is 5.23.